The first-order valence-electron chi connectivity index (χ1n) is 11.0. The van der Waals surface area contributed by atoms with Crippen molar-refractivity contribution >= 4 is 11.8 Å². The lowest BCUT2D eigenvalue weighted by molar-refractivity contribution is -0.137. The highest BCUT2D eigenvalue weighted by atomic mass is 16.2. The second-order valence-electron chi connectivity index (χ2n) is 8.09. The van der Waals surface area contributed by atoms with E-state index >= 15 is 0 Å². The van der Waals surface area contributed by atoms with Crippen molar-refractivity contribution in [2.75, 3.05) is 6.54 Å². The van der Waals surface area contributed by atoms with Gasteiger partial charge in [-0.05, 0) is 36.0 Å². The zero-order chi connectivity index (χ0) is 22.5. The number of nitrogens with one attached hydrogen (secondary N) is 2. The number of aromatic nitrogens is 2. The minimum Gasteiger partial charge on any atom is -0.344 e. The number of hydrogen-bond acceptors (Lipinski definition) is 3. The summed E-state index contributed by atoms with van der Waals surface area (Å²) in [6, 6.07) is 17.9. The van der Waals surface area contributed by atoms with Gasteiger partial charge in [0.25, 0.3) is 0 Å². The SMILES string of the molecule is C=CC[C@H](NC(C)=O)C(=O)N1CCC[C@H]1c1ncc(-c2ccc(-c3ccccc3)cc2)[nH]1. The second-order valence-corrected chi connectivity index (χ2v) is 8.09. The van der Waals surface area contributed by atoms with E-state index in [-0.39, 0.29) is 17.9 Å². The van der Waals surface area contributed by atoms with Crippen LogP contribution in [-0.4, -0.2) is 39.3 Å². The Morgan fingerprint density at radius 1 is 1.16 bits per heavy atom. The quantitative estimate of drug-likeness (QED) is 0.545. The van der Waals surface area contributed by atoms with E-state index in [1.54, 1.807) is 6.08 Å². The van der Waals surface area contributed by atoms with E-state index < -0.39 is 6.04 Å². The highest BCUT2D eigenvalue weighted by Gasteiger charge is 2.35. The van der Waals surface area contributed by atoms with Crippen molar-refractivity contribution < 1.29 is 9.59 Å². The molecular weight excluding hydrogens is 400 g/mol. The fraction of sp³-hybridized carbons (Fsp3) is 0.269. The van der Waals surface area contributed by atoms with Crippen LogP contribution in [0.5, 0.6) is 0 Å². The summed E-state index contributed by atoms with van der Waals surface area (Å²) in [6.45, 7) is 5.79. The summed E-state index contributed by atoms with van der Waals surface area (Å²) in [4.78, 5) is 34.5. The van der Waals surface area contributed by atoms with Gasteiger partial charge >= 0.3 is 0 Å². The highest BCUT2D eigenvalue weighted by molar-refractivity contribution is 5.87. The molecule has 0 bridgehead atoms. The molecule has 2 aromatic carbocycles. The summed E-state index contributed by atoms with van der Waals surface area (Å²) in [6.07, 6.45) is 5.63. The molecular formula is C26H28N4O2. The maximum atomic E-state index is 13.1. The van der Waals surface area contributed by atoms with Gasteiger partial charge < -0.3 is 15.2 Å². The molecule has 0 aliphatic carbocycles. The number of imidazole rings is 1. The molecule has 2 N–H and O–H groups in total. The Balaban J connectivity index is 1.51. The molecule has 0 spiro atoms. The van der Waals surface area contributed by atoms with E-state index in [1.807, 2.05) is 29.3 Å². The summed E-state index contributed by atoms with van der Waals surface area (Å²) in [5, 5.41) is 2.75. The van der Waals surface area contributed by atoms with E-state index in [0.29, 0.717) is 13.0 Å². The van der Waals surface area contributed by atoms with E-state index in [0.717, 1.165) is 35.5 Å². The smallest absolute Gasteiger partial charge is 0.246 e. The lowest BCUT2D eigenvalue weighted by Crippen LogP contribution is -2.47. The van der Waals surface area contributed by atoms with Crippen LogP contribution in [0, 0.1) is 0 Å². The Morgan fingerprint density at radius 3 is 2.53 bits per heavy atom. The molecule has 1 saturated heterocycles. The number of amides is 2. The third-order valence-electron chi connectivity index (χ3n) is 5.83. The molecule has 0 unspecified atom stereocenters. The third kappa shape index (κ3) is 4.64. The van der Waals surface area contributed by atoms with Crippen LogP contribution in [-0.2, 0) is 9.59 Å². The van der Waals surface area contributed by atoms with Crippen LogP contribution < -0.4 is 5.32 Å². The van der Waals surface area contributed by atoms with Crippen molar-refractivity contribution in [1.29, 1.82) is 0 Å². The number of aromatic amines is 1. The number of carbonyl (C=O) groups is 2. The average molecular weight is 429 g/mol. The minimum absolute atomic E-state index is 0.0900. The Hall–Kier alpha value is -3.67. The van der Waals surface area contributed by atoms with Crippen LogP contribution in [0.4, 0.5) is 0 Å². The summed E-state index contributed by atoms with van der Waals surface area (Å²) >= 11 is 0. The van der Waals surface area contributed by atoms with E-state index in [2.05, 4.69) is 58.3 Å². The van der Waals surface area contributed by atoms with Crippen LogP contribution in [0.3, 0.4) is 0 Å². The third-order valence-corrected chi connectivity index (χ3v) is 5.83. The van der Waals surface area contributed by atoms with Crippen LogP contribution in [0.15, 0.2) is 73.4 Å². The molecule has 2 heterocycles. The predicted molar refractivity (Wildman–Crippen MR) is 126 cm³/mol. The number of rotatable bonds is 7. The zero-order valence-electron chi connectivity index (χ0n) is 18.3. The molecule has 164 valence electrons. The fourth-order valence-electron chi connectivity index (χ4n) is 4.27. The predicted octanol–water partition coefficient (Wildman–Crippen LogP) is 4.49. The number of H-pyrrole nitrogens is 1. The van der Waals surface area contributed by atoms with Crippen LogP contribution in [0.25, 0.3) is 22.4 Å². The minimum atomic E-state index is -0.592. The zero-order valence-corrected chi connectivity index (χ0v) is 18.3. The van der Waals surface area contributed by atoms with Crippen molar-refractivity contribution in [3.63, 3.8) is 0 Å². The normalized spacial score (nSPS) is 16.5. The Kier molecular flexibility index (Phi) is 6.50. The van der Waals surface area contributed by atoms with Gasteiger partial charge in [0, 0.05) is 13.5 Å². The van der Waals surface area contributed by atoms with Crippen LogP contribution >= 0.6 is 0 Å². The molecule has 0 radical (unpaired) electrons. The summed E-state index contributed by atoms with van der Waals surface area (Å²) in [5.41, 5.74) is 4.30. The summed E-state index contributed by atoms with van der Waals surface area (Å²) < 4.78 is 0. The standard InChI is InChI=1S/C26H28N4O2/c1-3-8-22(28-18(2)31)26(32)30-16-7-11-24(30)25-27-17-23(29-25)21-14-12-20(13-15-21)19-9-5-4-6-10-19/h3-6,9-10,12-15,17,22,24H,1,7-8,11,16H2,2H3,(H,27,29)(H,28,31)/t22-,24-/m0/s1. The second kappa shape index (κ2) is 9.64. The van der Waals surface area contributed by atoms with Gasteiger partial charge in [-0.25, -0.2) is 4.98 Å². The van der Waals surface area contributed by atoms with Gasteiger partial charge in [0.2, 0.25) is 11.8 Å². The largest absolute Gasteiger partial charge is 0.344 e. The molecule has 4 rings (SSSR count). The summed E-state index contributed by atoms with van der Waals surface area (Å²) in [7, 11) is 0. The van der Waals surface area contributed by atoms with Crippen molar-refractivity contribution in [3.05, 3.63) is 79.3 Å². The van der Waals surface area contributed by atoms with Gasteiger partial charge in [0.15, 0.2) is 0 Å². The topological polar surface area (TPSA) is 78.1 Å². The summed E-state index contributed by atoms with van der Waals surface area (Å²) in [5.74, 6) is 0.464. The number of nitrogens with zero attached hydrogens (tertiary/aromatic N) is 2. The molecule has 0 saturated carbocycles. The number of carbonyl (C=O) groups excluding carboxylic acids is 2. The molecule has 6 heteroatoms. The molecule has 2 atom stereocenters. The van der Waals surface area contributed by atoms with Crippen molar-refractivity contribution in [3.8, 4) is 22.4 Å². The molecule has 3 aromatic rings. The lowest BCUT2D eigenvalue weighted by Gasteiger charge is -2.27. The Labute approximate surface area is 188 Å². The molecule has 2 amide bonds. The van der Waals surface area contributed by atoms with Gasteiger partial charge in [-0.3, -0.25) is 9.59 Å². The Morgan fingerprint density at radius 2 is 1.84 bits per heavy atom. The first-order valence-corrected chi connectivity index (χ1v) is 11.0. The van der Waals surface area contributed by atoms with Crippen LogP contribution in [0.2, 0.25) is 0 Å². The molecule has 1 fully saturated rings. The lowest BCUT2D eigenvalue weighted by atomic mass is 10.0. The fourth-order valence-corrected chi connectivity index (χ4v) is 4.27. The number of hydrogen-bond donors (Lipinski definition) is 2. The first kappa shape index (κ1) is 21.6. The van der Waals surface area contributed by atoms with Gasteiger partial charge in [-0.15, -0.1) is 6.58 Å². The average Bonchev–Trinajstić information content (AvgIpc) is 3.48. The maximum Gasteiger partial charge on any atom is 0.246 e. The van der Waals surface area contributed by atoms with E-state index in [1.165, 1.54) is 12.5 Å². The maximum absolute atomic E-state index is 13.1. The molecule has 1 aliphatic heterocycles. The number of benzene rings is 2. The van der Waals surface area contributed by atoms with Gasteiger partial charge in [0.1, 0.15) is 11.9 Å². The number of likely N-dealkylation sites (tertiary alicyclic amines) is 1. The highest BCUT2D eigenvalue weighted by Crippen LogP contribution is 2.32. The van der Waals surface area contributed by atoms with Crippen LogP contribution in [0.1, 0.15) is 38.1 Å². The van der Waals surface area contributed by atoms with E-state index in [4.69, 9.17) is 0 Å². The van der Waals surface area contributed by atoms with Gasteiger partial charge in [0.05, 0.1) is 17.9 Å². The monoisotopic (exact) mass is 428 g/mol. The van der Waals surface area contributed by atoms with E-state index in [9.17, 15) is 9.59 Å². The molecule has 6 nitrogen and oxygen atoms in total. The van der Waals surface area contributed by atoms with Gasteiger partial charge in [-0.2, -0.15) is 0 Å². The van der Waals surface area contributed by atoms with Crippen molar-refractivity contribution in [2.45, 2.75) is 38.3 Å². The molecule has 32 heavy (non-hydrogen) atoms. The van der Waals surface area contributed by atoms with Crippen molar-refractivity contribution in [2.24, 2.45) is 0 Å². The molecule has 1 aromatic heterocycles. The van der Waals surface area contributed by atoms with Gasteiger partial charge in [-0.1, -0.05) is 60.7 Å². The Bertz CT molecular complexity index is 1090. The first-order chi connectivity index (χ1) is 15.6. The van der Waals surface area contributed by atoms with Crippen molar-refractivity contribution in [1.82, 2.24) is 20.2 Å². The molecule has 1 aliphatic rings.